The monoisotopic (exact) mass is 319 g/mol. The van der Waals surface area contributed by atoms with Crippen LogP contribution in [0.1, 0.15) is 27.9 Å². The molecule has 0 bridgehead atoms. The first-order valence-electron chi connectivity index (χ1n) is 6.05. The Bertz CT molecular complexity index is 624. The summed E-state index contributed by atoms with van der Waals surface area (Å²) in [6.07, 6.45) is -4.53. The summed E-state index contributed by atoms with van der Waals surface area (Å²) in [5, 5.41) is 2.59. The number of nitrogens with two attached hydrogens (primary N) is 1. The van der Waals surface area contributed by atoms with Gasteiger partial charge in [0.2, 0.25) is 0 Å². The first-order valence-corrected chi connectivity index (χ1v) is 6.93. The summed E-state index contributed by atoms with van der Waals surface area (Å²) in [4.78, 5) is 4.20. The molecule has 0 amide bonds. The van der Waals surface area contributed by atoms with E-state index in [1.807, 2.05) is 6.92 Å². The van der Waals surface area contributed by atoms with Gasteiger partial charge in [-0.25, -0.2) is 9.37 Å². The number of alkyl halides is 3. The molecule has 1 aromatic heterocycles. The lowest BCUT2D eigenvalue weighted by atomic mass is 9.99. The van der Waals surface area contributed by atoms with E-state index in [9.17, 15) is 17.6 Å². The SMILES string of the molecule is Cc1nc(CC(NN)c2cccc(C(F)(F)F)c2F)cs1. The molecule has 0 aliphatic heterocycles. The molecule has 0 aliphatic rings. The van der Waals surface area contributed by atoms with Gasteiger partial charge in [0.05, 0.1) is 22.3 Å². The average molecular weight is 319 g/mol. The normalized spacial score (nSPS) is 13.4. The highest BCUT2D eigenvalue weighted by atomic mass is 32.1. The maximum Gasteiger partial charge on any atom is 0.419 e. The van der Waals surface area contributed by atoms with Gasteiger partial charge < -0.3 is 0 Å². The third-order valence-corrected chi connectivity index (χ3v) is 3.81. The van der Waals surface area contributed by atoms with Crippen molar-refractivity contribution in [3.8, 4) is 0 Å². The summed E-state index contributed by atoms with van der Waals surface area (Å²) >= 11 is 1.41. The summed E-state index contributed by atoms with van der Waals surface area (Å²) in [6.45, 7) is 1.81. The lowest BCUT2D eigenvalue weighted by molar-refractivity contribution is -0.140. The van der Waals surface area contributed by atoms with Crippen molar-refractivity contribution < 1.29 is 17.6 Å². The molecule has 0 aliphatic carbocycles. The second-order valence-electron chi connectivity index (χ2n) is 4.49. The molecule has 1 heterocycles. The molecule has 0 saturated carbocycles. The number of rotatable bonds is 4. The molecule has 0 saturated heterocycles. The highest BCUT2D eigenvalue weighted by Crippen LogP contribution is 2.34. The number of aromatic nitrogens is 1. The van der Waals surface area contributed by atoms with E-state index in [1.165, 1.54) is 17.4 Å². The van der Waals surface area contributed by atoms with Crippen molar-refractivity contribution >= 4 is 11.3 Å². The minimum absolute atomic E-state index is 0.127. The number of nitrogens with one attached hydrogen (secondary N) is 1. The van der Waals surface area contributed by atoms with Crippen molar-refractivity contribution in [2.75, 3.05) is 0 Å². The molecule has 1 unspecified atom stereocenters. The second kappa shape index (κ2) is 6.08. The summed E-state index contributed by atoms with van der Waals surface area (Å²) in [5.74, 6) is 4.06. The highest BCUT2D eigenvalue weighted by molar-refractivity contribution is 7.09. The molecule has 3 N–H and O–H groups in total. The van der Waals surface area contributed by atoms with Crippen LogP contribution < -0.4 is 11.3 Å². The maximum atomic E-state index is 14.1. The molecule has 3 nitrogen and oxygen atoms in total. The molecule has 1 atom stereocenters. The molecule has 1 aromatic carbocycles. The van der Waals surface area contributed by atoms with Crippen LogP contribution in [0, 0.1) is 12.7 Å². The van der Waals surface area contributed by atoms with Gasteiger partial charge in [-0.2, -0.15) is 13.2 Å². The quantitative estimate of drug-likeness (QED) is 0.516. The summed E-state index contributed by atoms with van der Waals surface area (Å²) in [5.41, 5.74) is 1.58. The van der Waals surface area contributed by atoms with Gasteiger partial charge in [-0.3, -0.25) is 11.3 Å². The molecular formula is C13H13F4N3S. The molecular weight excluding hydrogens is 306 g/mol. The van der Waals surface area contributed by atoms with Crippen LogP contribution in [0.4, 0.5) is 17.6 Å². The second-order valence-corrected chi connectivity index (χ2v) is 5.55. The van der Waals surface area contributed by atoms with E-state index in [0.717, 1.165) is 11.1 Å². The number of halogens is 4. The lowest BCUT2D eigenvalue weighted by Crippen LogP contribution is -2.31. The molecule has 21 heavy (non-hydrogen) atoms. The summed E-state index contributed by atoms with van der Waals surface area (Å²) < 4.78 is 52.3. The Kier molecular flexibility index (Phi) is 4.60. The van der Waals surface area contributed by atoms with E-state index in [0.29, 0.717) is 11.8 Å². The van der Waals surface area contributed by atoms with Crippen molar-refractivity contribution in [3.63, 3.8) is 0 Å². The summed E-state index contributed by atoms with van der Waals surface area (Å²) in [7, 11) is 0. The van der Waals surface area contributed by atoms with Crippen molar-refractivity contribution in [1.82, 2.24) is 10.4 Å². The van der Waals surface area contributed by atoms with E-state index in [4.69, 9.17) is 5.84 Å². The van der Waals surface area contributed by atoms with E-state index < -0.39 is 23.6 Å². The van der Waals surface area contributed by atoms with Crippen molar-refractivity contribution in [3.05, 3.63) is 51.2 Å². The van der Waals surface area contributed by atoms with E-state index in [-0.39, 0.29) is 12.0 Å². The first kappa shape index (κ1) is 15.9. The Labute approximate surface area is 122 Å². The zero-order valence-electron chi connectivity index (χ0n) is 11.0. The van der Waals surface area contributed by atoms with Gasteiger partial charge in [0.1, 0.15) is 5.82 Å². The minimum Gasteiger partial charge on any atom is -0.271 e. The number of thiazole rings is 1. The Morgan fingerprint density at radius 3 is 2.62 bits per heavy atom. The number of benzene rings is 1. The van der Waals surface area contributed by atoms with Crippen LogP contribution in [0.25, 0.3) is 0 Å². The van der Waals surface area contributed by atoms with Gasteiger partial charge >= 0.3 is 6.18 Å². The third kappa shape index (κ3) is 3.58. The fourth-order valence-corrected chi connectivity index (χ4v) is 2.63. The molecule has 8 heteroatoms. The van der Waals surface area contributed by atoms with Gasteiger partial charge in [0.25, 0.3) is 0 Å². The van der Waals surface area contributed by atoms with Crippen molar-refractivity contribution in [2.24, 2.45) is 5.84 Å². The van der Waals surface area contributed by atoms with Gasteiger partial charge in [0.15, 0.2) is 0 Å². The van der Waals surface area contributed by atoms with Crippen molar-refractivity contribution in [1.29, 1.82) is 0 Å². The number of nitrogens with zero attached hydrogens (tertiary/aromatic N) is 1. The number of hydrazine groups is 1. The maximum absolute atomic E-state index is 14.1. The number of aryl methyl sites for hydroxylation is 1. The third-order valence-electron chi connectivity index (χ3n) is 2.99. The van der Waals surface area contributed by atoms with E-state index in [2.05, 4.69) is 10.4 Å². The van der Waals surface area contributed by atoms with Gasteiger partial charge in [-0.15, -0.1) is 11.3 Å². The van der Waals surface area contributed by atoms with Crippen LogP contribution >= 0.6 is 11.3 Å². The fraction of sp³-hybridized carbons (Fsp3) is 0.308. The Hall–Kier alpha value is -1.51. The van der Waals surface area contributed by atoms with Crippen LogP contribution in [0.15, 0.2) is 23.6 Å². The molecule has 2 rings (SSSR count). The number of hydrogen-bond acceptors (Lipinski definition) is 4. The Morgan fingerprint density at radius 1 is 1.38 bits per heavy atom. The van der Waals surface area contributed by atoms with Crippen LogP contribution in [-0.2, 0) is 12.6 Å². The van der Waals surface area contributed by atoms with Crippen LogP contribution in [0.5, 0.6) is 0 Å². The largest absolute Gasteiger partial charge is 0.419 e. The number of hydrogen-bond donors (Lipinski definition) is 2. The molecule has 0 spiro atoms. The predicted octanol–water partition coefficient (Wildman–Crippen LogP) is 3.36. The summed E-state index contributed by atoms with van der Waals surface area (Å²) in [6, 6.07) is 2.37. The van der Waals surface area contributed by atoms with Crippen molar-refractivity contribution in [2.45, 2.75) is 25.6 Å². The topological polar surface area (TPSA) is 50.9 Å². The smallest absolute Gasteiger partial charge is 0.271 e. The van der Waals surface area contributed by atoms with Crippen LogP contribution in [-0.4, -0.2) is 4.98 Å². The zero-order chi connectivity index (χ0) is 15.6. The van der Waals surface area contributed by atoms with Gasteiger partial charge in [-0.05, 0) is 13.0 Å². The fourth-order valence-electron chi connectivity index (χ4n) is 2.01. The minimum atomic E-state index is -4.74. The Balaban J connectivity index is 2.34. The molecule has 2 aromatic rings. The standard InChI is InChI=1S/C13H13F4N3S/c1-7-19-8(6-21-7)5-11(20-18)9-3-2-4-10(12(9)14)13(15,16)17/h2-4,6,11,20H,5,18H2,1H3. The van der Waals surface area contributed by atoms with Gasteiger partial charge in [-0.1, -0.05) is 12.1 Å². The van der Waals surface area contributed by atoms with E-state index >= 15 is 0 Å². The Morgan fingerprint density at radius 2 is 2.10 bits per heavy atom. The lowest BCUT2D eigenvalue weighted by Gasteiger charge is -2.18. The molecule has 0 fully saturated rings. The zero-order valence-corrected chi connectivity index (χ0v) is 11.9. The predicted molar refractivity (Wildman–Crippen MR) is 72.0 cm³/mol. The van der Waals surface area contributed by atoms with Crippen LogP contribution in [0.3, 0.4) is 0 Å². The molecule has 0 radical (unpaired) electrons. The average Bonchev–Trinajstić information content (AvgIpc) is 2.81. The van der Waals surface area contributed by atoms with E-state index in [1.54, 1.807) is 5.38 Å². The van der Waals surface area contributed by atoms with Crippen LogP contribution in [0.2, 0.25) is 0 Å². The molecule has 114 valence electrons. The van der Waals surface area contributed by atoms with Gasteiger partial charge in [0, 0.05) is 17.4 Å². The highest BCUT2D eigenvalue weighted by Gasteiger charge is 2.35. The first-order chi connectivity index (χ1) is 9.82.